The van der Waals surface area contributed by atoms with E-state index in [4.69, 9.17) is 10.00 Å². The van der Waals surface area contributed by atoms with Gasteiger partial charge in [0.15, 0.2) is 0 Å². The van der Waals surface area contributed by atoms with Crippen LogP contribution in [0.5, 0.6) is 5.75 Å². The highest BCUT2D eigenvalue weighted by molar-refractivity contribution is 5.37. The summed E-state index contributed by atoms with van der Waals surface area (Å²) in [6.45, 7) is 2.05. The topological polar surface area (TPSA) is 36.3 Å². The third kappa shape index (κ3) is 2.53. The summed E-state index contributed by atoms with van der Waals surface area (Å²) in [5.41, 5.74) is 1.07. The van der Waals surface area contributed by atoms with Gasteiger partial charge in [0.2, 0.25) is 0 Å². The first-order valence-electron chi connectivity index (χ1n) is 5.30. The van der Waals surface area contributed by atoms with Crippen molar-refractivity contribution in [2.75, 3.05) is 21.2 Å². The highest BCUT2D eigenvalue weighted by atomic mass is 16.5. The Bertz CT molecular complexity index is 382. The van der Waals surface area contributed by atoms with Gasteiger partial charge in [0.1, 0.15) is 11.8 Å². The smallest absolute Gasteiger partial charge is 0.122 e. The van der Waals surface area contributed by atoms with Crippen LogP contribution in [0, 0.1) is 11.3 Å². The lowest BCUT2D eigenvalue weighted by molar-refractivity contribution is 0.310. The number of methoxy groups -OCH3 is 1. The molecular formula is C13H18N2O. The lowest BCUT2D eigenvalue weighted by Crippen LogP contribution is -2.31. The standard InChI is InChI=1S/C13H18N2O/c1-10(12(9-14)15(2)3)11-7-5-6-8-13(11)16-4/h5-8,10,12H,1-4H3. The maximum Gasteiger partial charge on any atom is 0.122 e. The van der Waals surface area contributed by atoms with Crippen molar-refractivity contribution < 1.29 is 4.74 Å². The molecule has 1 aromatic rings. The lowest BCUT2D eigenvalue weighted by Gasteiger charge is -2.25. The molecule has 0 radical (unpaired) electrons. The van der Waals surface area contributed by atoms with E-state index in [0.29, 0.717) is 0 Å². The second-order valence-electron chi connectivity index (χ2n) is 4.07. The van der Waals surface area contributed by atoms with Crippen LogP contribution in [0.25, 0.3) is 0 Å². The van der Waals surface area contributed by atoms with Gasteiger partial charge in [-0.25, -0.2) is 0 Å². The number of hydrogen-bond donors (Lipinski definition) is 0. The molecular weight excluding hydrogens is 200 g/mol. The number of ether oxygens (including phenoxy) is 1. The van der Waals surface area contributed by atoms with Gasteiger partial charge in [0.25, 0.3) is 0 Å². The van der Waals surface area contributed by atoms with E-state index in [9.17, 15) is 0 Å². The van der Waals surface area contributed by atoms with E-state index < -0.39 is 0 Å². The molecule has 86 valence electrons. The molecule has 0 fully saturated rings. The SMILES string of the molecule is COc1ccccc1C(C)C(C#N)N(C)C. The summed E-state index contributed by atoms with van der Waals surface area (Å²) >= 11 is 0. The van der Waals surface area contributed by atoms with Crippen molar-refractivity contribution in [3.63, 3.8) is 0 Å². The van der Waals surface area contributed by atoms with E-state index in [1.807, 2.05) is 50.2 Å². The number of para-hydroxylation sites is 1. The zero-order valence-electron chi connectivity index (χ0n) is 10.3. The molecule has 2 atom stereocenters. The van der Waals surface area contributed by atoms with Crippen molar-refractivity contribution in [2.45, 2.75) is 18.9 Å². The first kappa shape index (κ1) is 12.5. The van der Waals surface area contributed by atoms with Gasteiger partial charge in [-0.2, -0.15) is 5.26 Å². The molecule has 0 bridgehead atoms. The molecule has 0 aromatic heterocycles. The Labute approximate surface area is 97.3 Å². The van der Waals surface area contributed by atoms with Crippen molar-refractivity contribution >= 4 is 0 Å². The van der Waals surface area contributed by atoms with E-state index in [1.165, 1.54) is 0 Å². The van der Waals surface area contributed by atoms with Gasteiger partial charge < -0.3 is 4.74 Å². The van der Waals surface area contributed by atoms with Crippen molar-refractivity contribution in [2.24, 2.45) is 0 Å². The summed E-state index contributed by atoms with van der Waals surface area (Å²) < 4.78 is 5.31. The molecule has 0 aliphatic carbocycles. The highest BCUT2D eigenvalue weighted by Crippen LogP contribution is 2.29. The summed E-state index contributed by atoms with van der Waals surface area (Å²) in [6, 6.07) is 10.0. The largest absolute Gasteiger partial charge is 0.496 e. The molecule has 0 heterocycles. The minimum Gasteiger partial charge on any atom is -0.496 e. The zero-order chi connectivity index (χ0) is 12.1. The molecule has 0 spiro atoms. The minimum atomic E-state index is -0.142. The van der Waals surface area contributed by atoms with Crippen LogP contribution < -0.4 is 4.74 Å². The summed E-state index contributed by atoms with van der Waals surface area (Å²) in [5, 5.41) is 9.16. The van der Waals surface area contributed by atoms with Crippen LogP contribution >= 0.6 is 0 Å². The normalized spacial score (nSPS) is 14.2. The van der Waals surface area contributed by atoms with Crippen LogP contribution in [-0.4, -0.2) is 32.1 Å². The fourth-order valence-electron chi connectivity index (χ4n) is 1.89. The Morgan fingerprint density at radius 1 is 1.31 bits per heavy atom. The van der Waals surface area contributed by atoms with Crippen molar-refractivity contribution in [1.82, 2.24) is 4.90 Å². The number of benzene rings is 1. The molecule has 16 heavy (non-hydrogen) atoms. The third-order valence-electron chi connectivity index (χ3n) is 2.79. The number of likely N-dealkylation sites (N-methyl/N-ethyl adjacent to an activating group) is 1. The molecule has 1 aromatic carbocycles. The van der Waals surface area contributed by atoms with Crippen molar-refractivity contribution in [1.29, 1.82) is 5.26 Å². The van der Waals surface area contributed by atoms with Gasteiger partial charge >= 0.3 is 0 Å². The second-order valence-corrected chi connectivity index (χ2v) is 4.07. The first-order chi connectivity index (χ1) is 7.61. The third-order valence-corrected chi connectivity index (χ3v) is 2.79. The summed E-state index contributed by atoms with van der Waals surface area (Å²) in [5.74, 6) is 0.966. The summed E-state index contributed by atoms with van der Waals surface area (Å²) in [7, 11) is 5.49. The van der Waals surface area contributed by atoms with E-state index >= 15 is 0 Å². The molecule has 0 aliphatic rings. The van der Waals surface area contributed by atoms with Crippen LogP contribution in [0.4, 0.5) is 0 Å². The molecule has 1 rings (SSSR count). The van der Waals surface area contributed by atoms with Gasteiger partial charge in [0.05, 0.1) is 13.2 Å². The fraction of sp³-hybridized carbons (Fsp3) is 0.462. The van der Waals surface area contributed by atoms with Crippen LogP contribution in [0.1, 0.15) is 18.4 Å². The fourth-order valence-corrected chi connectivity index (χ4v) is 1.89. The quantitative estimate of drug-likeness (QED) is 0.777. The zero-order valence-corrected chi connectivity index (χ0v) is 10.3. The average Bonchev–Trinajstić information content (AvgIpc) is 2.29. The predicted octanol–water partition coefficient (Wildman–Crippen LogP) is 2.25. The monoisotopic (exact) mass is 218 g/mol. The molecule has 0 N–H and O–H groups in total. The molecule has 0 aliphatic heterocycles. The van der Waals surface area contributed by atoms with Crippen LogP contribution in [0.2, 0.25) is 0 Å². The average molecular weight is 218 g/mol. The Kier molecular flexibility index (Phi) is 4.33. The Morgan fingerprint density at radius 3 is 2.44 bits per heavy atom. The molecule has 3 nitrogen and oxygen atoms in total. The maximum absolute atomic E-state index is 9.16. The number of hydrogen-bond acceptors (Lipinski definition) is 3. The van der Waals surface area contributed by atoms with E-state index in [-0.39, 0.29) is 12.0 Å². The van der Waals surface area contributed by atoms with Gasteiger partial charge in [-0.1, -0.05) is 25.1 Å². The van der Waals surface area contributed by atoms with Crippen LogP contribution in [-0.2, 0) is 0 Å². The predicted molar refractivity (Wildman–Crippen MR) is 64.5 cm³/mol. The number of nitriles is 1. The highest BCUT2D eigenvalue weighted by Gasteiger charge is 2.22. The van der Waals surface area contributed by atoms with E-state index in [1.54, 1.807) is 7.11 Å². The second kappa shape index (κ2) is 5.53. The van der Waals surface area contributed by atoms with Gasteiger partial charge in [-0.3, -0.25) is 4.90 Å². The minimum absolute atomic E-state index is 0.121. The number of rotatable bonds is 4. The molecule has 0 amide bonds. The lowest BCUT2D eigenvalue weighted by atomic mass is 9.92. The van der Waals surface area contributed by atoms with Crippen molar-refractivity contribution in [3.8, 4) is 11.8 Å². The molecule has 3 heteroatoms. The Balaban J connectivity index is 3.04. The maximum atomic E-state index is 9.16. The van der Waals surface area contributed by atoms with Crippen LogP contribution in [0.3, 0.4) is 0 Å². The Morgan fingerprint density at radius 2 is 1.94 bits per heavy atom. The van der Waals surface area contributed by atoms with E-state index in [2.05, 4.69) is 6.07 Å². The van der Waals surface area contributed by atoms with Gasteiger partial charge in [0, 0.05) is 5.92 Å². The molecule has 0 saturated heterocycles. The Hall–Kier alpha value is -1.53. The summed E-state index contributed by atoms with van der Waals surface area (Å²) in [4.78, 5) is 1.93. The van der Waals surface area contributed by atoms with Gasteiger partial charge in [-0.15, -0.1) is 0 Å². The van der Waals surface area contributed by atoms with Gasteiger partial charge in [-0.05, 0) is 25.7 Å². The molecule has 2 unspecified atom stereocenters. The van der Waals surface area contributed by atoms with Crippen molar-refractivity contribution in [3.05, 3.63) is 29.8 Å². The molecule has 0 saturated carbocycles. The van der Waals surface area contributed by atoms with E-state index in [0.717, 1.165) is 11.3 Å². The van der Waals surface area contributed by atoms with Crippen LogP contribution in [0.15, 0.2) is 24.3 Å². The number of nitrogens with zero attached hydrogens (tertiary/aromatic N) is 2. The first-order valence-corrected chi connectivity index (χ1v) is 5.30. The summed E-state index contributed by atoms with van der Waals surface area (Å²) in [6.07, 6.45) is 0.